The molecule has 1 aromatic carbocycles. The largest absolute Gasteiger partial charge is 0.468 e. The lowest BCUT2D eigenvalue weighted by Crippen LogP contribution is -2.35. The number of carbonyl (C=O) groups is 1. The van der Waals surface area contributed by atoms with Crippen LogP contribution in [0, 0.1) is 25.5 Å². The van der Waals surface area contributed by atoms with Gasteiger partial charge in [0.1, 0.15) is 17.1 Å². The molecule has 2 aromatic rings. The SMILES string of the molecule is [B]N1CCNC(=O)c2cc(F)c(-c3cc(C)c(F)c(C)c3C(F)(F)F)nc2O[C@@H](C(F)F)CC1. The maximum Gasteiger partial charge on any atom is 0.417 e. The highest BCUT2D eigenvalue weighted by molar-refractivity contribution is 6.04. The number of amides is 1. The molecule has 1 aliphatic heterocycles. The van der Waals surface area contributed by atoms with Gasteiger partial charge >= 0.3 is 6.18 Å². The maximum absolute atomic E-state index is 15.0. The second-order valence-corrected chi connectivity index (χ2v) is 7.80. The number of nitrogens with one attached hydrogen (secondary N) is 1. The molecule has 3 rings (SSSR count). The second-order valence-electron chi connectivity index (χ2n) is 7.80. The van der Waals surface area contributed by atoms with Crippen LogP contribution in [0.4, 0.5) is 30.7 Å². The number of ether oxygens (including phenoxy) is 1. The van der Waals surface area contributed by atoms with Gasteiger partial charge in [-0.25, -0.2) is 22.5 Å². The van der Waals surface area contributed by atoms with E-state index in [9.17, 15) is 31.1 Å². The Morgan fingerprint density at radius 2 is 1.85 bits per heavy atom. The number of benzene rings is 1. The van der Waals surface area contributed by atoms with Crippen molar-refractivity contribution in [3.8, 4) is 17.1 Å². The molecule has 1 N–H and O–H groups in total. The zero-order valence-electron chi connectivity index (χ0n) is 18.1. The number of nitrogens with zero attached hydrogens (tertiary/aromatic N) is 2. The molecule has 0 saturated carbocycles. The van der Waals surface area contributed by atoms with Crippen molar-refractivity contribution in [2.24, 2.45) is 0 Å². The smallest absolute Gasteiger partial charge is 0.417 e. The molecular weight excluding hydrogens is 470 g/mol. The predicted molar refractivity (Wildman–Crippen MR) is 109 cm³/mol. The molecule has 182 valence electrons. The molecule has 0 bridgehead atoms. The van der Waals surface area contributed by atoms with Crippen LogP contribution in [0.15, 0.2) is 12.1 Å². The minimum atomic E-state index is -5.09. The Morgan fingerprint density at radius 1 is 1.18 bits per heavy atom. The van der Waals surface area contributed by atoms with E-state index in [2.05, 4.69) is 10.3 Å². The highest BCUT2D eigenvalue weighted by Crippen LogP contribution is 2.42. The van der Waals surface area contributed by atoms with Gasteiger partial charge in [-0.2, -0.15) is 13.2 Å². The van der Waals surface area contributed by atoms with E-state index in [1.165, 1.54) is 11.7 Å². The number of hydrogen-bond donors (Lipinski definition) is 1. The average molecular weight is 489 g/mol. The standard InChI is InChI=1S/C21H19BF7N3O2/c1-9-7-11(15(21(27,28)29)10(2)16(9)24)17-13(23)8-12-19(33)30-4-6-32(22)5-3-14(18(25)26)34-20(12)31-17/h7-8,14,18H,3-6H2,1-2H3,(H,30,33)/t14-/m1/s1. The molecule has 1 aliphatic rings. The van der Waals surface area contributed by atoms with Crippen molar-refractivity contribution in [2.75, 3.05) is 19.6 Å². The third-order valence-electron chi connectivity index (χ3n) is 5.33. The van der Waals surface area contributed by atoms with Crippen LogP contribution in [0.2, 0.25) is 0 Å². The summed E-state index contributed by atoms with van der Waals surface area (Å²) < 4.78 is 103. The van der Waals surface area contributed by atoms with Crippen LogP contribution < -0.4 is 10.1 Å². The van der Waals surface area contributed by atoms with Crippen molar-refractivity contribution in [3.63, 3.8) is 0 Å². The molecule has 34 heavy (non-hydrogen) atoms. The third-order valence-corrected chi connectivity index (χ3v) is 5.33. The summed E-state index contributed by atoms with van der Waals surface area (Å²) in [6.45, 7) is 2.08. The first-order valence-electron chi connectivity index (χ1n) is 10.1. The van der Waals surface area contributed by atoms with E-state index in [0.717, 1.165) is 13.0 Å². The quantitative estimate of drug-likeness (QED) is 0.508. The molecule has 0 unspecified atom stereocenters. The van der Waals surface area contributed by atoms with E-state index < -0.39 is 70.1 Å². The normalized spacial score (nSPS) is 18.2. The van der Waals surface area contributed by atoms with Gasteiger partial charge in [0.15, 0.2) is 19.9 Å². The Hall–Kier alpha value is -2.83. The average Bonchev–Trinajstić information content (AvgIpc) is 2.75. The van der Waals surface area contributed by atoms with Crippen LogP contribution in [0.5, 0.6) is 5.88 Å². The Kier molecular flexibility index (Phi) is 7.44. The number of aromatic nitrogens is 1. The first-order chi connectivity index (χ1) is 15.8. The molecule has 2 heterocycles. The van der Waals surface area contributed by atoms with Gasteiger partial charge in [-0.3, -0.25) is 4.79 Å². The Bertz CT molecular complexity index is 1100. The fourth-order valence-corrected chi connectivity index (χ4v) is 3.62. The summed E-state index contributed by atoms with van der Waals surface area (Å²) in [4.78, 5) is 17.4. The number of alkyl halides is 5. The highest BCUT2D eigenvalue weighted by Gasteiger charge is 2.39. The van der Waals surface area contributed by atoms with Crippen molar-refractivity contribution in [2.45, 2.75) is 39.0 Å². The van der Waals surface area contributed by atoms with Crippen molar-refractivity contribution < 1.29 is 40.3 Å². The molecule has 0 aliphatic carbocycles. The predicted octanol–water partition coefficient (Wildman–Crippen LogP) is 4.19. The summed E-state index contributed by atoms with van der Waals surface area (Å²) in [7, 11) is 5.68. The Morgan fingerprint density at radius 3 is 2.47 bits per heavy atom. The Balaban J connectivity index is 2.24. The number of aryl methyl sites for hydroxylation is 1. The van der Waals surface area contributed by atoms with Crippen LogP contribution in [-0.2, 0) is 6.18 Å². The maximum atomic E-state index is 15.0. The van der Waals surface area contributed by atoms with Crippen LogP contribution in [-0.4, -0.2) is 55.8 Å². The summed E-state index contributed by atoms with van der Waals surface area (Å²) in [6, 6.07) is 1.31. The fraction of sp³-hybridized carbons (Fsp3) is 0.429. The fourth-order valence-electron chi connectivity index (χ4n) is 3.62. The Labute approximate surface area is 191 Å². The number of halogens is 7. The van der Waals surface area contributed by atoms with E-state index in [4.69, 9.17) is 12.7 Å². The summed E-state index contributed by atoms with van der Waals surface area (Å²) >= 11 is 0. The van der Waals surface area contributed by atoms with Crippen LogP contribution in [0.1, 0.15) is 33.5 Å². The van der Waals surface area contributed by atoms with Crippen molar-refractivity contribution >= 4 is 13.9 Å². The number of rotatable bonds is 2. The molecule has 13 heteroatoms. The van der Waals surface area contributed by atoms with Gasteiger partial charge in [-0.05, 0) is 43.7 Å². The molecule has 2 radical (unpaired) electrons. The molecule has 1 aromatic heterocycles. The number of pyridine rings is 1. The highest BCUT2D eigenvalue weighted by atomic mass is 19.4. The molecule has 0 fully saturated rings. The summed E-state index contributed by atoms with van der Waals surface area (Å²) in [6.07, 6.45) is -10.3. The van der Waals surface area contributed by atoms with E-state index in [0.29, 0.717) is 6.07 Å². The zero-order valence-corrected chi connectivity index (χ0v) is 18.1. The van der Waals surface area contributed by atoms with Gasteiger partial charge in [0.2, 0.25) is 5.88 Å². The lowest BCUT2D eigenvalue weighted by atomic mass is 9.94. The van der Waals surface area contributed by atoms with E-state index in [1.807, 2.05) is 0 Å². The van der Waals surface area contributed by atoms with Crippen LogP contribution in [0.25, 0.3) is 11.3 Å². The topological polar surface area (TPSA) is 54.5 Å². The minimum Gasteiger partial charge on any atom is -0.468 e. The van der Waals surface area contributed by atoms with Crippen molar-refractivity contribution in [1.82, 2.24) is 15.1 Å². The van der Waals surface area contributed by atoms with Crippen molar-refractivity contribution in [1.29, 1.82) is 0 Å². The first kappa shape index (κ1) is 25.8. The van der Waals surface area contributed by atoms with E-state index in [-0.39, 0.29) is 31.6 Å². The third kappa shape index (κ3) is 5.29. The van der Waals surface area contributed by atoms with Crippen LogP contribution in [0.3, 0.4) is 0 Å². The summed E-state index contributed by atoms with van der Waals surface area (Å²) in [5.41, 5.74) is -4.80. The van der Waals surface area contributed by atoms with E-state index in [1.54, 1.807) is 0 Å². The molecule has 1 amide bonds. The van der Waals surface area contributed by atoms with E-state index >= 15 is 4.39 Å². The van der Waals surface area contributed by atoms with Gasteiger partial charge in [0.25, 0.3) is 12.3 Å². The molecular formula is C21H19BF7N3O2. The molecule has 0 saturated heterocycles. The summed E-state index contributed by atoms with van der Waals surface area (Å²) in [5.74, 6) is -4.21. The van der Waals surface area contributed by atoms with Gasteiger partial charge in [-0.15, -0.1) is 0 Å². The van der Waals surface area contributed by atoms with Crippen LogP contribution >= 0.6 is 0 Å². The molecule has 0 spiro atoms. The number of carbonyl (C=O) groups excluding carboxylic acids is 1. The molecule has 5 nitrogen and oxygen atoms in total. The monoisotopic (exact) mass is 489 g/mol. The lowest BCUT2D eigenvalue weighted by Gasteiger charge is -2.22. The number of hydrogen-bond acceptors (Lipinski definition) is 4. The van der Waals surface area contributed by atoms with Crippen molar-refractivity contribution in [3.05, 3.63) is 46.0 Å². The summed E-state index contributed by atoms with van der Waals surface area (Å²) in [5, 5.41) is 2.39. The minimum absolute atomic E-state index is 0.0218. The van der Waals surface area contributed by atoms with Gasteiger partial charge < -0.3 is 14.9 Å². The number of fused-ring (bicyclic) bond motifs is 1. The second kappa shape index (κ2) is 9.81. The van der Waals surface area contributed by atoms with Gasteiger partial charge in [0, 0.05) is 25.1 Å². The van der Waals surface area contributed by atoms with Gasteiger partial charge in [0.05, 0.1) is 5.56 Å². The zero-order chi connectivity index (χ0) is 25.4. The molecule has 1 atom stereocenters. The first-order valence-corrected chi connectivity index (χ1v) is 10.1. The lowest BCUT2D eigenvalue weighted by molar-refractivity contribution is -0.137. The van der Waals surface area contributed by atoms with Gasteiger partial charge in [-0.1, -0.05) is 0 Å².